The molecule has 0 atom stereocenters. The molecule has 66 valence electrons. The number of rotatable bonds is 3. The first kappa shape index (κ1) is 8.77. The molecular weight excluding hydrogens is 154 g/mol. The molecule has 12 heavy (non-hydrogen) atoms. The first-order valence-corrected chi connectivity index (χ1v) is 3.98. The molecule has 0 aromatic carbocycles. The van der Waals surface area contributed by atoms with Crippen LogP contribution >= 0.6 is 0 Å². The number of nitrogens with one attached hydrogen (secondary N) is 2. The maximum atomic E-state index is 11.2. The van der Waals surface area contributed by atoms with E-state index in [2.05, 4.69) is 15.5 Å². The zero-order chi connectivity index (χ0) is 8.97. The monoisotopic (exact) mass is 167 g/mol. The standard InChI is InChI=1S/C8H13N3O/c1-6(2)5-9-8(12)7-3-4-10-11-7/h3-4,6H,5H2,1-2H3,(H,9,12)(H,10,11). The largest absolute Gasteiger partial charge is 0.350 e. The summed E-state index contributed by atoms with van der Waals surface area (Å²) in [6.45, 7) is 4.78. The van der Waals surface area contributed by atoms with Crippen molar-refractivity contribution in [1.82, 2.24) is 15.5 Å². The van der Waals surface area contributed by atoms with Gasteiger partial charge in [-0.2, -0.15) is 5.10 Å². The van der Waals surface area contributed by atoms with Gasteiger partial charge in [0, 0.05) is 12.7 Å². The maximum absolute atomic E-state index is 11.2. The smallest absolute Gasteiger partial charge is 0.271 e. The summed E-state index contributed by atoms with van der Waals surface area (Å²) in [4.78, 5) is 11.2. The lowest BCUT2D eigenvalue weighted by Gasteiger charge is -2.04. The average molecular weight is 167 g/mol. The van der Waals surface area contributed by atoms with Crippen molar-refractivity contribution in [2.45, 2.75) is 13.8 Å². The van der Waals surface area contributed by atoms with Crippen molar-refractivity contribution in [3.63, 3.8) is 0 Å². The number of amides is 1. The third-order valence-electron chi connectivity index (χ3n) is 1.40. The van der Waals surface area contributed by atoms with E-state index in [0.717, 1.165) is 0 Å². The zero-order valence-electron chi connectivity index (χ0n) is 7.29. The van der Waals surface area contributed by atoms with Gasteiger partial charge in [0.2, 0.25) is 0 Å². The van der Waals surface area contributed by atoms with Gasteiger partial charge >= 0.3 is 0 Å². The molecule has 0 saturated carbocycles. The summed E-state index contributed by atoms with van der Waals surface area (Å²) in [6, 6.07) is 1.65. The molecule has 2 N–H and O–H groups in total. The molecule has 1 aromatic rings. The fourth-order valence-electron chi connectivity index (χ4n) is 0.774. The van der Waals surface area contributed by atoms with Crippen LogP contribution in [0.3, 0.4) is 0 Å². The summed E-state index contributed by atoms with van der Waals surface area (Å²) in [5.74, 6) is 0.345. The third kappa shape index (κ3) is 2.38. The number of carbonyl (C=O) groups excluding carboxylic acids is 1. The van der Waals surface area contributed by atoms with Crippen molar-refractivity contribution in [3.8, 4) is 0 Å². The molecule has 1 aromatic heterocycles. The molecule has 1 amide bonds. The van der Waals surface area contributed by atoms with Crippen molar-refractivity contribution < 1.29 is 4.79 Å². The van der Waals surface area contributed by atoms with Crippen molar-refractivity contribution in [2.75, 3.05) is 6.54 Å². The van der Waals surface area contributed by atoms with Gasteiger partial charge in [0.15, 0.2) is 0 Å². The molecule has 0 unspecified atom stereocenters. The van der Waals surface area contributed by atoms with E-state index >= 15 is 0 Å². The first-order chi connectivity index (χ1) is 5.70. The van der Waals surface area contributed by atoms with E-state index < -0.39 is 0 Å². The molecular formula is C8H13N3O. The van der Waals surface area contributed by atoms with Crippen LogP contribution in [0.1, 0.15) is 24.3 Å². The SMILES string of the molecule is CC(C)CNC(=O)c1cc[nH]n1. The van der Waals surface area contributed by atoms with Gasteiger partial charge in [0.05, 0.1) is 0 Å². The molecule has 0 aliphatic carbocycles. The second-order valence-corrected chi connectivity index (χ2v) is 3.06. The molecule has 0 saturated heterocycles. The van der Waals surface area contributed by atoms with Crippen LogP contribution in [0.2, 0.25) is 0 Å². The van der Waals surface area contributed by atoms with Crippen LogP contribution in [-0.2, 0) is 0 Å². The van der Waals surface area contributed by atoms with Gasteiger partial charge in [-0.15, -0.1) is 0 Å². The van der Waals surface area contributed by atoms with E-state index in [9.17, 15) is 4.79 Å². The summed E-state index contributed by atoms with van der Waals surface area (Å²) in [7, 11) is 0. The average Bonchev–Trinajstić information content (AvgIpc) is 2.51. The van der Waals surface area contributed by atoms with Gasteiger partial charge in [-0.3, -0.25) is 9.89 Å². The van der Waals surface area contributed by atoms with Crippen LogP contribution in [0, 0.1) is 5.92 Å². The molecule has 1 rings (SSSR count). The van der Waals surface area contributed by atoms with E-state index in [1.165, 1.54) is 0 Å². The predicted octanol–water partition coefficient (Wildman–Crippen LogP) is 0.795. The molecule has 1 heterocycles. The Balaban J connectivity index is 2.40. The number of nitrogens with zero attached hydrogens (tertiary/aromatic N) is 1. The summed E-state index contributed by atoms with van der Waals surface area (Å²) >= 11 is 0. The Bertz CT molecular complexity index is 241. The van der Waals surface area contributed by atoms with Crippen LogP contribution < -0.4 is 5.32 Å². The lowest BCUT2D eigenvalue weighted by atomic mass is 10.2. The van der Waals surface area contributed by atoms with Crippen molar-refractivity contribution in [1.29, 1.82) is 0 Å². The van der Waals surface area contributed by atoms with Gasteiger partial charge < -0.3 is 5.32 Å². The van der Waals surface area contributed by atoms with Gasteiger partial charge in [-0.25, -0.2) is 0 Å². The highest BCUT2D eigenvalue weighted by Gasteiger charge is 2.06. The van der Waals surface area contributed by atoms with E-state index in [1.807, 2.05) is 13.8 Å². The number of carbonyl (C=O) groups is 1. The summed E-state index contributed by atoms with van der Waals surface area (Å²) in [6.07, 6.45) is 1.63. The van der Waals surface area contributed by atoms with Gasteiger partial charge in [0.25, 0.3) is 5.91 Å². The Labute approximate surface area is 71.4 Å². The molecule has 0 fully saturated rings. The molecule has 0 radical (unpaired) electrons. The second kappa shape index (κ2) is 3.90. The minimum Gasteiger partial charge on any atom is -0.350 e. The number of aromatic nitrogens is 2. The Morgan fingerprint density at radius 3 is 3.00 bits per heavy atom. The van der Waals surface area contributed by atoms with E-state index in [0.29, 0.717) is 18.2 Å². The van der Waals surface area contributed by atoms with Gasteiger partial charge in [-0.05, 0) is 12.0 Å². The highest BCUT2D eigenvalue weighted by molar-refractivity contribution is 5.92. The van der Waals surface area contributed by atoms with E-state index in [-0.39, 0.29) is 5.91 Å². The third-order valence-corrected chi connectivity index (χ3v) is 1.40. The van der Waals surface area contributed by atoms with E-state index in [4.69, 9.17) is 0 Å². The number of aromatic amines is 1. The Kier molecular flexibility index (Phi) is 2.85. The molecule has 0 bridgehead atoms. The Morgan fingerprint density at radius 2 is 2.50 bits per heavy atom. The second-order valence-electron chi connectivity index (χ2n) is 3.06. The minimum atomic E-state index is -0.120. The normalized spacial score (nSPS) is 10.2. The van der Waals surface area contributed by atoms with Crippen molar-refractivity contribution in [3.05, 3.63) is 18.0 Å². The quantitative estimate of drug-likeness (QED) is 0.699. The van der Waals surface area contributed by atoms with Gasteiger partial charge in [-0.1, -0.05) is 13.8 Å². The minimum absolute atomic E-state index is 0.120. The highest BCUT2D eigenvalue weighted by atomic mass is 16.1. The van der Waals surface area contributed by atoms with Crippen LogP contribution in [0.5, 0.6) is 0 Å². The lowest BCUT2D eigenvalue weighted by Crippen LogP contribution is -2.27. The van der Waals surface area contributed by atoms with E-state index in [1.54, 1.807) is 12.3 Å². The highest BCUT2D eigenvalue weighted by Crippen LogP contribution is 1.92. The first-order valence-electron chi connectivity index (χ1n) is 3.98. The van der Waals surface area contributed by atoms with Crippen molar-refractivity contribution in [2.24, 2.45) is 5.92 Å². The summed E-state index contributed by atoms with van der Waals surface area (Å²) in [5.41, 5.74) is 0.440. The molecule has 0 aliphatic heterocycles. The van der Waals surface area contributed by atoms with Crippen LogP contribution in [0.4, 0.5) is 0 Å². The molecule has 0 aliphatic rings. The number of H-pyrrole nitrogens is 1. The molecule has 0 spiro atoms. The van der Waals surface area contributed by atoms with Crippen LogP contribution in [0.15, 0.2) is 12.3 Å². The maximum Gasteiger partial charge on any atom is 0.271 e. The summed E-state index contributed by atoms with van der Waals surface area (Å²) < 4.78 is 0. The fraction of sp³-hybridized carbons (Fsp3) is 0.500. The Hall–Kier alpha value is -1.32. The summed E-state index contributed by atoms with van der Waals surface area (Å²) in [5, 5.41) is 9.11. The number of hydrogen-bond donors (Lipinski definition) is 2. The predicted molar refractivity (Wildman–Crippen MR) is 45.8 cm³/mol. The molecule has 4 heteroatoms. The van der Waals surface area contributed by atoms with Crippen LogP contribution in [-0.4, -0.2) is 22.6 Å². The number of hydrogen-bond acceptors (Lipinski definition) is 2. The Morgan fingerprint density at radius 1 is 1.75 bits per heavy atom. The van der Waals surface area contributed by atoms with Crippen LogP contribution in [0.25, 0.3) is 0 Å². The zero-order valence-corrected chi connectivity index (χ0v) is 7.29. The molecule has 4 nitrogen and oxygen atoms in total. The topological polar surface area (TPSA) is 57.8 Å². The fourth-order valence-corrected chi connectivity index (χ4v) is 0.774. The lowest BCUT2D eigenvalue weighted by molar-refractivity contribution is 0.0944. The van der Waals surface area contributed by atoms with Crippen molar-refractivity contribution >= 4 is 5.91 Å². The van der Waals surface area contributed by atoms with Gasteiger partial charge in [0.1, 0.15) is 5.69 Å².